The fourth-order valence-electron chi connectivity index (χ4n) is 3.13. The van der Waals surface area contributed by atoms with E-state index in [1.54, 1.807) is 0 Å². The van der Waals surface area contributed by atoms with Crippen LogP contribution in [-0.4, -0.2) is 23.9 Å². The lowest BCUT2D eigenvalue weighted by Crippen LogP contribution is -2.40. The van der Waals surface area contributed by atoms with Crippen molar-refractivity contribution in [3.8, 4) is 0 Å². The van der Waals surface area contributed by atoms with Crippen LogP contribution in [-0.2, 0) is 11.2 Å². The maximum absolute atomic E-state index is 12.3. The lowest BCUT2D eigenvalue weighted by molar-refractivity contribution is -0.131. The molecule has 0 aliphatic carbocycles. The Kier molecular flexibility index (Phi) is 4.85. The fraction of sp³-hybridized carbons (Fsp3) is 0.611. The van der Waals surface area contributed by atoms with Crippen LogP contribution in [0.1, 0.15) is 45.6 Å². The molecular formula is C18H27NO. The quantitative estimate of drug-likeness (QED) is 0.818. The maximum atomic E-state index is 12.3. The molecule has 0 saturated carbocycles. The highest BCUT2D eigenvalue weighted by Crippen LogP contribution is 2.30. The van der Waals surface area contributed by atoms with Crippen LogP contribution in [0.25, 0.3) is 0 Å². The third-order valence-corrected chi connectivity index (χ3v) is 4.07. The summed E-state index contributed by atoms with van der Waals surface area (Å²) >= 11 is 0. The summed E-state index contributed by atoms with van der Waals surface area (Å²) in [6.07, 6.45) is 4.15. The largest absolute Gasteiger partial charge is 0.342 e. The Morgan fingerprint density at radius 3 is 2.30 bits per heavy atom. The molecule has 0 radical (unpaired) electrons. The van der Waals surface area contributed by atoms with Gasteiger partial charge in [0.05, 0.1) is 6.42 Å². The van der Waals surface area contributed by atoms with Crippen molar-refractivity contribution in [1.82, 2.24) is 4.90 Å². The molecule has 0 bridgehead atoms. The van der Waals surface area contributed by atoms with E-state index in [-0.39, 0.29) is 5.91 Å². The third kappa shape index (κ3) is 4.66. The van der Waals surface area contributed by atoms with Crippen molar-refractivity contribution in [2.75, 3.05) is 13.1 Å². The zero-order valence-electron chi connectivity index (χ0n) is 13.1. The molecule has 1 fully saturated rings. The Hall–Kier alpha value is -1.31. The second-order valence-electron chi connectivity index (χ2n) is 7.25. The molecule has 1 heterocycles. The zero-order chi connectivity index (χ0) is 14.6. The molecule has 1 aliphatic rings. The van der Waals surface area contributed by atoms with Crippen LogP contribution in [0, 0.1) is 11.3 Å². The normalized spacial score (nSPS) is 17.2. The van der Waals surface area contributed by atoms with Gasteiger partial charge in [0.1, 0.15) is 0 Å². The van der Waals surface area contributed by atoms with E-state index in [1.165, 1.54) is 6.42 Å². The molecule has 0 unspecified atom stereocenters. The molecule has 0 N–H and O–H groups in total. The maximum Gasteiger partial charge on any atom is 0.226 e. The van der Waals surface area contributed by atoms with Crippen LogP contribution >= 0.6 is 0 Å². The molecule has 2 heteroatoms. The zero-order valence-corrected chi connectivity index (χ0v) is 13.1. The number of hydrogen-bond donors (Lipinski definition) is 0. The minimum absolute atomic E-state index is 0.283. The van der Waals surface area contributed by atoms with Crippen molar-refractivity contribution in [1.29, 1.82) is 0 Å². The van der Waals surface area contributed by atoms with Crippen molar-refractivity contribution in [2.45, 2.75) is 46.5 Å². The van der Waals surface area contributed by atoms with E-state index in [2.05, 4.69) is 20.8 Å². The van der Waals surface area contributed by atoms with Gasteiger partial charge >= 0.3 is 0 Å². The molecule has 1 aromatic carbocycles. The lowest BCUT2D eigenvalue weighted by Gasteiger charge is -2.35. The number of nitrogens with zero attached hydrogens (tertiary/aromatic N) is 1. The number of benzene rings is 1. The Morgan fingerprint density at radius 1 is 1.15 bits per heavy atom. The summed E-state index contributed by atoms with van der Waals surface area (Å²) in [5.74, 6) is 1.07. The van der Waals surface area contributed by atoms with Crippen molar-refractivity contribution >= 4 is 5.91 Å². The van der Waals surface area contributed by atoms with E-state index in [0.717, 1.165) is 37.4 Å². The summed E-state index contributed by atoms with van der Waals surface area (Å²) in [6, 6.07) is 10.1. The Morgan fingerprint density at radius 2 is 1.75 bits per heavy atom. The number of piperidine rings is 1. The molecular weight excluding hydrogens is 246 g/mol. The highest BCUT2D eigenvalue weighted by atomic mass is 16.2. The van der Waals surface area contributed by atoms with E-state index >= 15 is 0 Å². The number of carbonyl (C=O) groups is 1. The number of rotatable bonds is 3. The second kappa shape index (κ2) is 6.43. The minimum Gasteiger partial charge on any atom is -0.342 e. The van der Waals surface area contributed by atoms with Gasteiger partial charge in [-0.05, 0) is 36.2 Å². The number of amides is 1. The van der Waals surface area contributed by atoms with E-state index in [1.807, 2.05) is 35.2 Å². The van der Waals surface area contributed by atoms with Crippen molar-refractivity contribution < 1.29 is 4.79 Å². The molecule has 1 amide bonds. The van der Waals surface area contributed by atoms with Gasteiger partial charge in [-0.15, -0.1) is 0 Å². The smallest absolute Gasteiger partial charge is 0.226 e. The van der Waals surface area contributed by atoms with Crippen LogP contribution in [0.3, 0.4) is 0 Å². The van der Waals surface area contributed by atoms with Gasteiger partial charge in [0.2, 0.25) is 5.91 Å². The minimum atomic E-state index is 0.283. The Balaban J connectivity index is 1.80. The van der Waals surface area contributed by atoms with Gasteiger partial charge in [0.15, 0.2) is 0 Å². The number of carbonyl (C=O) groups excluding carboxylic acids is 1. The van der Waals surface area contributed by atoms with Crippen LogP contribution < -0.4 is 0 Å². The monoisotopic (exact) mass is 273 g/mol. The van der Waals surface area contributed by atoms with Crippen LogP contribution in [0.5, 0.6) is 0 Å². The average Bonchev–Trinajstić information content (AvgIpc) is 2.39. The Bertz CT molecular complexity index is 424. The van der Waals surface area contributed by atoms with Gasteiger partial charge in [-0.25, -0.2) is 0 Å². The van der Waals surface area contributed by atoms with Gasteiger partial charge in [0.25, 0.3) is 0 Å². The molecule has 2 nitrogen and oxygen atoms in total. The topological polar surface area (TPSA) is 20.3 Å². The molecule has 1 saturated heterocycles. The second-order valence-corrected chi connectivity index (χ2v) is 7.25. The van der Waals surface area contributed by atoms with Gasteiger partial charge in [-0.2, -0.15) is 0 Å². The first-order valence-corrected chi connectivity index (χ1v) is 7.76. The van der Waals surface area contributed by atoms with Crippen LogP contribution in [0.2, 0.25) is 0 Å². The highest BCUT2D eigenvalue weighted by molar-refractivity contribution is 5.78. The highest BCUT2D eigenvalue weighted by Gasteiger charge is 2.25. The number of likely N-dealkylation sites (tertiary alicyclic amines) is 1. The summed E-state index contributed by atoms with van der Waals surface area (Å²) in [6.45, 7) is 8.79. The van der Waals surface area contributed by atoms with Gasteiger partial charge in [0, 0.05) is 13.1 Å². The molecule has 1 aliphatic heterocycles. The van der Waals surface area contributed by atoms with E-state index in [4.69, 9.17) is 0 Å². The number of hydrogen-bond acceptors (Lipinski definition) is 1. The summed E-state index contributed by atoms with van der Waals surface area (Å²) in [5, 5.41) is 0. The summed E-state index contributed by atoms with van der Waals surface area (Å²) in [7, 11) is 0. The standard InChI is InChI=1S/C18H27NO/c1-18(2,3)14-16-9-11-19(12-10-16)17(20)13-15-7-5-4-6-8-15/h4-8,16H,9-14H2,1-3H3. The molecule has 110 valence electrons. The van der Waals surface area contributed by atoms with Crippen LogP contribution in [0.15, 0.2) is 30.3 Å². The van der Waals surface area contributed by atoms with Gasteiger partial charge in [-0.1, -0.05) is 51.1 Å². The molecule has 2 rings (SSSR count). The van der Waals surface area contributed by atoms with Gasteiger partial charge in [-0.3, -0.25) is 4.79 Å². The van der Waals surface area contributed by atoms with Crippen molar-refractivity contribution in [3.63, 3.8) is 0 Å². The molecule has 0 spiro atoms. The predicted molar refractivity (Wildman–Crippen MR) is 83.5 cm³/mol. The first-order chi connectivity index (χ1) is 9.44. The van der Waals surface area contributed by atoms with Crippen molar-refractivity contribution in [3.05, 3.63) is 35.9 Å². The summed E-state index contributed by atoms with van der Waals surface area (Å²) in [5.41, 5.74) is 1.52. The van der Waals surface area contributed by atoms with E-state index in [0.29, 0.717) is 11.8 Å². The molecule has 0 atom stereocenters. The van der Waals surface area contributed by atoms with E-state index < -0.39 is 0 Å². The molecule has 20 heavy (non-hydrogen) atoms. The predicted octanol–water partition coefficient (Wildman–Crippen LogP) is 3.90. The molecule has 1 aromatic rings. The molecule has 0 aromatic heterocycles. The van der Waals surface area contributed by atoms with Crippen molar-refractivity contribution in [2.24, 2.45) is 11.3 Å². The lowest BCUT2D eigenvalue weighted by atomic mass is 9.80. The average molecular weight is 273 g/mol. The fourth-order valence-corrected chi connectivity index (χ4v) is 3.13. The SMILES string of the molecule is CC(C)(C)CC1CCN(C(=O)Cc2ccccc2)CC1. The first-order valence-electron chi connectivity index (χ1n) is 7.76. The third-order valence-electron chi connectivity index (χ3n) is 4.07. The van der Waals surface area contributed by atoms with Gasteiger partial charge < -0.3 is 4.90 Å². The van der Waals surface area contributed by atoms with Crippen LogP contribution in [0.4, 0.5) is 0 Å². The summed E-state index contributed by atoms with van der Waals surface area (Å²) in [4.78, 5) is 14.3. The first kappa shape index (κ1) is 15.1. The summed E-state index contributed by atoms with van der Waals surface area (Å²) < 4.78 is 0. The Labute approximate surface area is 123 Å². The van der Waals surface area contributed by atoms with E-state index in [9.17, 15) is 4.79 Å².